The molecule has 1 heterocycles. The summed E-state index contributed by atoms with van der Waals surface area (Å²) in [4.78, 5) is 37.7. The Kier molecular flexibility index (Phi) is 5.52. The molecule has 2 aromatic rings. The molecule has 0 radical (unpaired) electrons. The molecule has 3 rings (SSSR count). The fourth-order valence-corrected chi connectivity index (χ4v) is 2.89. The molecule has 0 bridgehead atoms. The number of nitrogens with zero attached hydrogens (tertiary/aromatic N) is 1. The quantitative estimate of drug-likeness (QED) is 0.864. The lowest BCUT2D eigenvalue weighted by molar-refractivity contribution is 0.0303. The highest BCUT2D eigenvalue weighted by molar-refractivity contribution is 6.06. The van der Waals surface area contributed by atoms with Gasteiger partial charge in [-0.25, -0.2) is 4.79 Å². The van der Waals surface area contributed by atoms with Crippen molar-refractivity contribution in [3.05, 3.63) is 64.7 Å². The van der Waals surface area contributed by atoms with Gasteiger partial charge in [0, 0.05) is 29.9 Å². The fraction of sp³-hybridized carbons (Fsp3) is 0.250. The lowest BCUT2D eigenvalue weighted by Gasteiger charge is -2.26. The lowest BCUT2D eigenvalue weighted by atomic mass is 10.1. The number of carboxylic acid groups (broad SMARTS) is 1. The fourth-order valence-electron chi connectivity index (χ4n) is 2.89. The second kappa shape index (κ2) is 8.01. The van der Waals surface area contributed by atoms with Gasteiger partial charge in [0.15, 0.2) is 0 Å². The van der Waals surface area contributed by atoms with Gasteiger partial charge in [0.1, 0.15) is 0 Å². The standard InChI is InChI=1S/C20H20N2O5/c1-13-10-15(12-16(11-13)20(25)26)18(23)21-17-4-2-14(3-5-17)19(24)22-6-8-27-9-7-22/h2-5,10-12H,6-9H2,1H3,(H,21,23)(H,25,26). The number of hydrogen-bond acceptors (Lipinski definition) is 4. The van der Waals surface area contributed by atoms with E-state index in [0.29, 0.717) is 43.1 Å². The first-order valence-corrected chi connectivity index (χ1v) is 8.57. The van der Waals surface area contributed by atoms with Crippen LogP contribution in [0.25, 0.3) is 0 Å². The number of aryl methyl sites for hydroxylation is 1. The average molecular weight is 368 g/mol. The van der Waals surface area contributed by atoms with Crippen molar-refractivity contribution in [2.75, 3.05) is 31.6 Å². The summed E-state index contributed by atoms with van der Waals surface area (Å²) in [6.07, 6.45) is 0. The number of carbonyl (C=O) groups excluding carboxylic acids is 2. The Morgan fingerprint density at radius 2 is 1.59 bits per heavy atom. The lowest BCUT2D eigenvalue weighted by Crippen LogP contribution is -2.40. The smallest absolute Gasteiger partial charge is 0.335 e. The molecule has 7 nitrogen and oxygen atoms in total. The summed E-state index contributed by atoms with van der Waals surface area (Å²) in [5.41, 5.74) is 2.08. The number of aromatic carboxylic acids is 1. The summed E-state index contributed by atoms with van der Waals surface area (Å²) < 4.78 is 5.24. The van der Waals surface area contributed by atoms with Gasteiger partial charge in [-0.1, -0.05) is 0 Å². The van der Waals surface area contributed by atoms with Crippen molar-refractivity contribution >= 4 is 23.5 Å². The molecule has 0 saturated carbocycles. The number of carboxylic acids is 1. The summed E-state index contributed by atoms with van der Waals surface area (Å²) in [6.45, 7) is 3.94. The van der Waals surface area contributed by atoms with Crippen LogP contribution in [0.2, 0.25) is 0 Å². The van der Waals surface area contributed by atoms with Gasteiger partial charge in [0.05, 0.1) is 18.8 Å². The maximum atomic E-state index is 12.4. The highest BCUT2D eigenvalue weighted by Gasteiger charge is 2.18. The summed E-state index contributed by atoms with van der Waals surface area (Å²) in [5, 5.41) is 11.8. The highest BCUT2D eigenvalue weighted by Crippen LogP contribution is 2.16. The average Bonchev–Trinajstić information content (AvgIpc) is 2.68. The third-order valence-corrected chi connectivity index (χ3v) is 4.27. The number of carbonyl (C=O) groups is 3. The Morgan fingerprint density at radius 1 is 0.963 bits per heavy atom. The van der Waals surface area contributed by atoms with Crippen LogP contribution >= 0.6 is 0 Å². The van der Waals surface area contributed by atoms with Crippen molar-refractivity contribution < 1.29 is 24.2 Å². The topological polar surface area (TPSA) is 95.9 Å². The summed E-state index contributed by atoms with van der Waals surface area (Å²) in [7, 11) is 0. The van der Waals surface area contributed by atoms with Crippen LogP contribution in [0.3, 0.4) is 0 Å². The second-order valence-electron chi connectivity index (χ2n) is 6.33. The summed E-state index contributed by atoms with van der Waals surface area (Å²) >= 11 is 0. The molecule has 0 spiro atoms. The third-order valence-electron chi connectivity index (χ3n) is 4.27. The first-order valence-electron chi connectivity index (χ1n) is 8.57. The van der Waals surface area contributed by atoms with E-state index in [0.717, 1.165) is 0 Å². The maximum Gasteiger partial charge on any atom is 0.335 e. The molecular formula is C20H20N2O5. The molecule has 1 fully saturated rings. The molecule has 2 aromatic carbocycles. The van der Waals surface area contributed by atoms with Crippen LogP contribution in [0.5, 0.6) is 0 Å². The molecule has 1 aliphatic heterocycles. The normalized spacial score (nSPS) is 13.9. The molecule has 0 atom stereocenters. The van der Waals surface area contributed by atoms with Crippen LogP contribution in [-0.4, -0.2) is 54.1 Å². The van der Waals surface area contributed by atoms with Crippen molar-refractivity contribution in [1.82, 2.24) is 4.90 Å². The first-order chi connectivity index (χ1) is 12.9. The Hall–Kier alpha value is -3.19. The van der Waals surface area contributed by atoms with E-state index < -0.39 is 11.9 Å². The zero-order valence-electron chi connectivity index (χ0n) is 14.9. The van der Waals surface area contributed by atoms with Crippen molar-refractivity contribution in [1.29, 1.82) is 0 Å². The van der Waals surface area contributed by atoms with E-state index in [1.807, 2.05) is 0 Å². The number of amides is 2. The first kappa shape index (κ1) is 18.6. The molecule has 1 aliphatic rings. The van der Waals surface area contributed by atoms with Crippen molar-refractivity contribution in [2.24, 2.45) is 0 Å². The highest BCUT2D eigenvalue weighted by atomic mass is 16.5. The predicted molar refractivity (Wildman–Crippen MR) is 99.3 cm³/mol. The van der Waals surface area contributed by atoms with Gasteiger partial charge in [0.2, 0.25) is 0 Å². The van der Waals surface area contributed by atoms with Crippen LogP contribution < -0.4 is 5.32 Å². The molecule has 0 aliphatic carbocycles. The Balaban J connectivity index is 1.70. The van der Waals surface area contributed by atoms with Gasteiger partial charge in [-0.2, -0.15) is 0 Å². The van der Waals surface area contributed by atoms with E-state index in [9.17, 15) is 14.4 Å². The van der Waals surface area contributed by atoms with Crippen LogP contribution in [-0.2, 0) is 4.74 Å². The number of anilines is 1. The van der Waals surface area contributed by atoms with Gasteiger partial charge in [-0.3, -0.25) is 9.59 Å². The molecule has 140 valence electrons. The van der Waals surface area contributed by atoms with E-state index in [1.165, 1.54) is 12.1 Å². The van der Waals surface area contributed by atoms with Crippen LogP contribution in [0.1, 0.15) is 36.6 Å². The number of nitrogens with one attached hydrogen (secondary N) is 1. The van der Waals surface area contributed by atoms with Crippen molar-refractivity contribution in [3.63, 3.8) is 0 Å². The zero-order chi connectivity index (χ0) is 19.4. The minimum Gasteiger partial charge on any atom is -0.478 e. The molecule has 0 aromatic heterocycles. The Labute approximate surface area is 156 Å². The van der Waals surface area contributed by atoms with Crippen LogP contribution in [0.15, 0.2) is 42.5 Å². The van der Waals surface area contributed by atoms with Gasteiger partial charge < -0.3 is 20.1 Å². The molecule has 27 heavy (non-hydrogen) atoms. The Bertz CT molecular complexity index is 870. The summed E-state index contributed by atoms with van der Waals surface area (Å²) in [6, 6.07) is 11.1. The molecule has 7 heteroatoms. The number of rotatable bonds is 4. The van der Waals surface area contributed by atoms with Crippen LogP contribution in [0, 0.1) is 6.92 Å². The summed E-state index contributed by atoms with van der Waals surface area (Å²) in [5.74, 6) is -1.56. The minimum absolute atomic E-state index is 0.0617. The number of benzene rings is 2. The SMILES string of the molecule is Cc1cc(C(=O)O)cc(C(=O)Nc2ccc(C(=O)N3CCOCC3)cc2)c1. The number of ether oxygens (including phenoxy) is 1. The largest absolute Gasteiger partial charge is 0.478 e. The van der Waals surface area contributed by atoms with Gasteiger partial charge >= 0.3 is 5.97 Å². The van der Waals surface area contributed by atoms with Crippen molar-refractivity contribution in [3.8, 4) is 0 Å². The second-order valence-corrected chi connectivity index (χ2v) is 6.33. The van der Waals surface area contributed by atoms with E-state index in [2.05, 4.69) is 5.32 Å². The molecular weight excluding hydrogens is 348 g/mol. The number of hydrogen-bond donors (Lipinski definition) is 2. The zero-order valence-corrected chi connectivity index (χ0v) is 14.9. The minimum atomic E-state index is -1.08. The molecule has 0 unspecified atom stereocenters. The van der Waals surface area contributed by atoms with E-state index in [4.69, 9.17) is 9.84 Å². The van der Waals surface area contributed by atoms with E-state index in [-0.39, 0.29) is 17.0 Å². The number of morpholine rings is 1. The van der Waals surface area contributed by atoms with Crippen molar-refractivity contribution in [2.45, 2.75) is 6.92 Å². The molecule has 2 amide bonds. The van der Waals surface area contributed by atoms with E-state index in [1.54, 1.807) is 42.2 Å². The van der Waals surface area contributed by atoms with Gasteiger partial charge in [-0.15, -0.1) is 0 Å². The predicted octanol–water partition coefficient (Wildman–Crippen LogP) is 2.42. The van der Waals surface area contributed by atoms with E-state index >= 15 is 0 Å². The third kappa shape index (κ3) is 4.51. The maximum absolute atomic E-state index is 12.4. The molecule has 2 N–H and O–H groups in total. The monoisotopic (exact) mass is 368 g/mol. The van der Waals surface area contributed by atoms with Gasteiger partial charge in [-0.05, 0) is 55.0 Å². The Morgan fingerprint density at radius 3 is 2.22 bits per heavy atom. The van der Waals surface area contributed by atoms with Gasteiger partial charge in [0.25, 0.3) is 11.8 Å². The van der Waals surface area contributed by atoms with Crippen LogP contribution in [0.4, 0.5) is 5.69 Å². The molecule has 1 saturated heterocycles.